The Balaban J connectivity index is 1.54. The average Bonchev–Trinajstić information content (AvgIpc) is 2.95. The fraction of sp³-hybridized carbons (Fsp3) is 0.310. The van der Waals surface area contributed by atoms with Gasteiger partial charge >= 0.3 is 0 Å². The highest BCUT2D eigenvalue weighted by Crippen LogP contribution is 2.25. The molecule has 1 atom stereocenters. The van der Waals surface area contributed by atoms with Gasteiger partial charge in [0.25, 0.3) is 5.91 Å². The van der Waals surface area contributed by atoms with Gasteiger partial charge in [0.15, 0.2) is 0 Å². The minimum Gasteiger partial charge on any atom is -0.369 e. The van der Waals surface area contributed by atoms with Crippen molar-refractivity contribution >= 4 is 17.6 Å². The molecule has 0 radical (unpaired) electrons. The summed E-state index contributed by atoms with van der Waals surface area (Å²) in [6.07, 6.45) is 1.20. The second-order valence-electron chi connectivity index (χ2n) is 9.28. The quantitative estimate of drug-likeness (QED) is 0.299. The third kappa shape index (κ3) is 7.16. The van der Waals surface area contributed by atoms with Gasteiger partial charge in [-0.3, -0.25) is 9.59 Å². The number of nitrogens with zero attached hydrogens (tertiary/aromatic N) is 3. The highest BCUT2D eigenvalue weighted by molar-refractivity contribution is 5.99. The Morgan fingerprint density at radius 3 is 2.85 bits per heavy atom. The maximum Gasteiger partial charge on any atom is 0.255 e. The number of rotatable bonds is 11. The van der Waals surface area contributed by atoms with Crippen LogP contribution in [0.1, 0.15) is 27.9 Å². The monoisotopic (exact) mass is 529 g/mol. The number of benzene rings is 2. The first-order valence-electron chi connectivity index (χ1n) is 13.0. The summed E-state index contributed by atoms with van der Waals surface area (Å²) in [7, 11) is 0. The second-order valence-corrected chi connectivity index (χ2v) is 9.28. The minimum atomic E-state index is -0.340. The Hall–Kier alpha value is -4.33. The molecule has 0 aliphatic carbocycles. The average molecular weight is 530 g/mol. The lowest BCUT2D eigenvalue weighted by Gasteiger charge is -2.36. The van der Waals surface area contributed by atoms with Gasteiger partial charge in [0, 0.05) is 31.7 Å². The summed E-state index contributed by atoms with van der Waals surface area (Å²) in [5.74, 6) is -0.313. The van der Waals surface area contributed by atoms with Crippen molar-refractivity contribution in [2.45, 2.75) is 18.9 Å². The Morgan fingerprint density at radius 1 is 1.21 bits per heavy atom. The van der Waals surface area contributed by atoms with Crippen LogP contribution in [-0.4, -0.2) is 67.0 Å². The molecule has 1 saturated heterocycles. The number of pyridine rings is 1. The molecule has 2 aromatic carbocycles. The summed E-state index contributed by atoms with van der Waals surface area (Å²) in [5, 5.41) is 18.8. The van der Waals surface area contributed by atoms with Crippen LogP contribution in [0.2, 0.25) is 0 Å². The normalized spacial score (nSPS) is 15.1. The number of piperazine rings is 1. The van der Waals surface area contributed by atoms with E-state index in [-0.39, 0.29) is 36.8 Å². The topological polar surface area (TPSA) is 136 Å². The van der Waals surface area contributed by atoms with Crippen LogP contribution in [0.4, 0.5) is 10.2 Å². The van der Waals surface area contributed by atoms with Crippen molar-refractivity contribution < 1.29 is 14.0 Å². The second kappa shape index (κ2) is 13.5. The Labute approximate surface area is 227 Å². The van der Waals surface area contributed by atoms with Crippen LogP contribution in [0, 0.1) is 17.1 Å². The van der Waals surface area contributed by atoms with Crippen LogP contribution in [0.15, 0.2) is 60.7 Å². The van der Waals surface area contributed by atoms with Gasteiger partial charge in [-0.05, 0) is 55.3 Å². The van der Waals surface area contributed by atoms with Crippen LogP contribution < -0.4 is 21.7 Å². The number of carbonyl (C=O) groups is 2. The van der Waals surface area contributed by atoms with Crippen LogP contribution >= 0.6 is 0 Å². The van der Waals surface area contributed by atoms with Crippen molar-refractivity contribution in [2.75, 3.05) is 44.6 Å². The first-order chi connectivity index (χ1) is 19.0. The van der Waals surface area contributed by atoms with Gasteiger partial charge in [-0.2, -0.15) is 5.26 Å². The van der Waals surface area contributed by atoms with Gasteiger partial charge in [0.2, 0.25) is 5.91 Å². The highest BCUT2D eigenvalue weighted by Gasteiger charge is 2.28. The summed E-state index contributed by atoms with van der Waals surface area (Å²) in [5.41, 5.74) is 8.45. The molecule has 39 heavy (non-hydrogen) atoms. The molecular formula is C29H32FN7O2. The third-order valence-corrected chi connectivity index (χ3v) is 6.58. The Bertz CT molecular complexity index is 1360. The van der Waals surface area contributed by atoms with E-state index >= 15 is 0 Å². The molecule has 0 unspecified atom stereocenters. The molecule has 1 aliphatic heterocycles. The number of hydrogen-bond donors (Lipinski definition) is 4. The number of nitrogens with one attached hydrogen (secondary N) is 3. The SMILES string of the molecule is N#Cc1ccccc1-c1ccc(C(=O)NC[C@H]2CNCC(=O)N2CCCN)c(NCCc2cccc(F)c2)n1. The largest absolute Gasteiger partial charge is 0.369 e. The van der Waals surface area contributed by atoms with Gasteiger partial charge in [0.1, 0.15) is 11.6 Å². The molecule has 0 bridgehead atoms. The van der Waals surface area contributed by atoms with E-state index < -0.39 is 0 Å². The first-order valence-corrected chi connectivity index (χ1v) is 13.0. The summed E-state index contributed by atoms with van der Waals surface area (Å²) in [6, 6.07) is 18.8. The minimum absolute atomic E-state index is 0.0177. The molecule has 4 rings (SSSR count). The van der Waals surface area contributed by atoms with Gasteiger partial charge in [0.05, 0.1) is 35.5 Å². The van der Waals surface area contributed by atoms with E-state index in [1.54, 1.807) is 41.3 Å². The standard InChI is InChI=1S/C29H32FN7O2/c30-22-7-3-5-20(15-22)11-13-34-28-25(9-10-26(36-28)24-8-2-1-6-21(24)16-32)29(39)35-18-23-17-33-19-27(38)37(23)14-4-12-31/h1-3,5-10,15,23,33H,4,11-14,17-19,31H2,(H,34,36)(H,35,39)/t23-/m1/s1. The van der Waals surface area contributed by atoms with Crippen LogP contribution in [-0.2, 0) is 11.2 Å². The Kier molecular flexibility index (Phi) is 9.56. The van der Waals surface area contributed by atoms with Crippen LogP contribution in [0.3, 0.4) is 0 Å². The summed E-state index contributed by atoms with van der Waals surface area (Å²) < 4.78 is 13.6. The lowest BCUT2D eigenvalue weighted by Crippen LogP contribution is -2.58. The molecule has 9 nitrogen and oxygen atoms in total. The van der Waals surface area contributed by atoms with E-state index in [1.807, 2.05) is 12.1 Å². The maximum atomic E-state index is 13.6. The van der Waals surface area contributed by atoms with Crippen molar-refractivity contribution in [2.24, 2.45) is 5.73 Å². The smallest absolute Gasteiger partial charge is 0.255 e. The van der Waals surface area contributed by atoms with E-state index in [1.165, 1.54) is 12.1 Å². The van der Waals surface area contributed by atoms with Crippen LogP contribution in [0.25, 0.3) is 11.3 Å². The zero-order chi connectivity index (χ0) is 27.6. The lowest BCUT2D eigenvalue weighted by molar-refractivity contribution is -0.134. The van der Waals surface area contributed by atoms with Crippen molar-refractivity contribution in [3.63, 3.8) is 0 Å². The molecule has 1 aromatic heterocycles. The Morgan fingerprint density at radius 2 is 2.05 bits per heavy atom. The number of hydrogen-bond acceptors (Lipinski definition) is 7. The first kappa shape index (κ1) is 27.7. The molecule has 2 amide bonds. The number of halogens is 1. The van der Waals surface area contributed by atoms with Crippen LogP contribution in [0.5, 0.6) is 0 Å². The number of nitriles is 1. The molecule has 0 spiro atoms. The predicted octanol–water partition coefficient (Wildman–Crippen LogP) is 2.29. The van der Waals surface area contributed by atoms with Crippen molar-refractivity contribution in [1.29, 1.82) is 5.26 Å². The maximum absolute atomic E-state index is 13.6. The number of anilines is 1. The number of aromatic nitrogens is 1. The molecule has 202 valence electrons. The summed E-state index contributed by atoms with van der Waals surface area (Å²) in [6.45, 7) is 2.53. The third-order valence-electron chi connectivity index (χ3n) is 6.58. The van der Waals surface area contributed by atoms with Gasteiger partial charge in [-0.1, -0.05) is 30.3 Å². The highest BCUT2D eigenvalue weighted by atomic mass is 19.1. The molecule has 10 heteroatoms. The van der Waals surface area contributed by atoms with Crippen molar-refractivity contribution in [1.82, 2.24) is 20.5 Å². The molecule has 3 aromatic rings. The predicted molar refractivity (Wildman–Crippen MR) is 147 cm³/mol. The molecular weight excluding hydrogens is 497 g/mol. The van der Waals surface area contributed by atoms with Crippen molar-refractivity contribution in [3.05, 3.63) is 83.2 Å². The summed E-state index contributed by atoms with van der Waals surface area (Å²) >= 11 is 0. The number of nitrogens with two attached hydrogens (primary N) is 1. The van der Waals surface area contributed by atoms with Crippen molar-refractivity contribution in [3.8, 4) is 17.3 Å². The molecule has 1 fully saturated rings. The zero-order valence-electron chi connectivity index (χ0n) is 21.6. The van der Waals surface area contributed by atoms with E-state index in [9.17, 15) is 19.2 Å². The van der Waals surface area contributed by atoms with E-state index in [0.717, 1.165) is 5.56 Å². The van der Waals surface area contributed by atoms with Gasteiger partial charge in [-0.25, -0.2) is 9.37 Å². The van der Waals surface area contributed by atoms with E-state index in [0.29, 0.717) is 67.2 Å². The van der Waals surface area contributed by atoms with E-state index in [4.69, 9.17) is 10.7 Å². The van der Waals surface area contributed by atoms with E-state index in [2.05, 4.69) is 22.0 Å². The fourth-order valence-corrected chi connectivity index (χ4v) is 4.57. The number of amides is 2. The zero-order valence-corrected chi connectivity index (χ0v) is 21.6. The van der Waals surface area contributed by atoms with Gasteiger partial charge < -0.3 is 26.6 Å². The number of carbonyl (C=O) groups excluding carboxylic acids is 2. The van der Waals surface area contributed by atoms with Gasteiger partial charge in [-0.15, -0.1) is 0 Å². The lowest BCUT2D eigenvalue weighted by atomic mass is 10.0. The fourth-order valence-electron chi connectivity index (χ4n) is 4.57. The molecule has 1 aliphatic rings. The molecule has 2 heterocycles. The molecule has 0 saturated carbocycles. The molecule has 5 N–H and O–H groups in total. The summed E-state index contributed by atoms with van der Waals surface area (Å²) in [4.78, 5) is 32.2.